The van der Waals surface area contributed by atoms with Gasteiger partial charge in [-0.1, -0.05) is 0 Å². The molecule has 0 bridgehead atoms. The molecule has 2 N–H and O–H groups in total. The SMILES string of the molecule is CC(C)NC(=O)CCNS(=O)(=O)c1ccc([N+](=O)[O-])cc1. The van der Waals surface area contributed by atoms with Gasteiger partial charge in [-0.3, -0.25) is 14.9 Å². The van der Waals surface area contributed by atoms with Gasteiger partial charge in [0.25, 0.3) is 5.69 Å². The van der Waals surface area contributed by atoms with E-state index >= 15 is 0 Å². The average Bonchev–Trinajstić information content (AvgIpc) is 2.37. The number of hydrogen-bond acceptors (Lipinski definition) is 5. The van der Waals surface area contributed by atoms with Gasteiger partial charge in [0.2, 0.25) is 15.9 Å². The lowest BCUT2D eigenvalue weighted by atomic mass is 10.3. The minimum atomic E-state index is -3.78. The number of benzene rings is 1. The summed E-state index contributed by atoms with van der Waals surface area (Å²) in [6.45, 7) is 3.57. The van der Waals surface area contributed by atoms with Crippen LogP contribution < -0.4 is 10.0 Å². The maximum atomic E-state index is 11.9. The molecule has 0 spiro atoms. The molecule has 1 rings (SSSR count). The number of nitro groups is 1. The second-order valence-corrected chi connectivity index (χ2v) is 6.39. The van der Waals surface area contributed by atoms with Crippen molar-refractivity contribution in [1.29, 1.82) is 0 Å². The van der Waals surface area contributed by atoms with Crippen LogP contribution in [0.5, 0.6) is 0 Å². The monoisotopic (exact) mass is 315 g/mol. The Morgan fingerprint density at radius 1 is 1.29 bits per heavy atom. The number of amides is 1. The third-order valence-corrected chi connectivity index (χ3v) is 3.93. The zero-order valence-corrected chi connectivity index (χ0v) is 12.5. The van der Waals surface area contributed by atoms with Crippen molar-refractivity contribution in [3.05, 3.63) is 34.4 Å². The van der Waals surface area contributed by atoms with Crippen molar-refractivity contribution < 1.29 is 18.1 Å². The number of carbonyl (C=O) groups is 1. The maximum Gasteiger partial charge on any atom is 0.269 e. The fourth-order valence-electron chi connectivity index (χ4n) is 1.52. The van der Waals surface area contributed by atoms with Gasteiger partial charge >= 0.3 is 0 Å². The van der Waals surface area contributed by atoms with Crippen molar-refractivity contribution in [2.45, 2.75) is 31.2 Å². The Kier molecular flexibility index (Phi) is 5.79. The molecule has 0 aliphatic heterocycles. The predicted octanol–water partition coefficient (Wildman–Crippen LogP) is 0.788. The van der Waals surface area contributed by atoms with E-state index in [1.807, 2.05) is 0 Å². The first-order valence-electron chi connectivity index (χ1n) is 6.26. The molecule has 1 aromatic carbocycles. The van der Waals surface area contributed by atoms with E-state index in [-0.39, 0.29) is 35.5 Å². The zero-order valence-electron chi connectivity index (χ0n) is 11.7. The van der Waals surface area contributed by atoms with Crippen LogP contribution in [0, 0.1) is 10.1 Å². The lowest BCUT2D eigenvalue weighted by molar-refractivity contribution is -0.384. The van der Waals surface area contributed by atoms with Crippen LogP contribution in [0.15, 0.2) is 29.2 Å². The number of nitrogens with zero attached hydrogens (tertiary/aromatic N) is 1. The molecule has 0 aliphatic rings. The van der Waals surface area contributed by atoms with E-state index in [0.717, 1.165) is 24.3 Å². The lowest BCUT2D eigenvalue weighted by Crippen LogP contribution is -2.34. The Morgan fingerprint density at radius 3 is 2.33 bits per heavy atom. The van der Waals surface area contributed by atoms with E-state index in [0.29, 0.717) is 0 Å². The molecule has 0 saturated carbocycles. The van der Waals surface area contributed by atoms with Crippen LogP contribution >= 0.6 is 0 Å². The van der Waals surface area contributed by atoms with Gasteiger partial charge in [-0.25, -0.2) is 13.1 Å². The third kappa shape index (κ3) is 5.48. The molecular weight excluding hydrogens is 298 g/mol. The summed E-state index contributed by atoms with van der Waals surface area (Å²) in [4.78, 5) is 21.2. The first-order valence-corrected chi connectivity index (χ1v) is 7.74. The number of carbonyl (C=O) groups excluding carboxylic acids is 1. The summed E-state index contributed by atoms with van der Waals surface area (Å²) in [6, 6.07) is 4.51. The van der Waals surface area contributed by atoms with Gasteiger partial charge in [0.1, 0.15) is 0 Å². The van der Waals surface area contributed by atoms with Crippen molar-refractivity contribution in [3.63, 3.8) is 0 Å². The fraction of sp³-hybridized carbons (Fsp3) is 0.417. The summed E-state index contributed by atoms with van der Waals surface area (Å²) in [5.41, 5.74) is -0.190. The highest BCUT2D eigenvalue weighted by Gasteiger charge is 2.16. The van der Waals surface area contributed by atoms with Crippen molar-refractivity contribution in [2.24, 2.45) is 0 Å². The molecule has 0 heterocycles. The summed E-state index contributed by atoms with van der Waals surface area (Å²) in [7, 11) is -3.78. The highest BCUT2D eigenvalue weighted by atomic mass is 32.2. The lowest BCUT2D eigenvalue weighted by Gasteiger charge is -2.09. The molecule has 1 amide bonds. The van der Waals surface area contributed by atoms with Crippen LogP contribution in [-0.2, 0) is 14.8 Å². The smallest absolute Gasteiger partial charge is 0.269 e. The van der Waals surface area contributed by atoms with E-state index in [2.05, 4.69) is 10.0 Å². The minimum Gasteiger partial charge on any atom is -0.354 e. The van der Waals surface area contributed by atoms with Gasteiger partial charge in [-0.05, 0) is 26.0 Å². The molecule has 116 valence electrons. The van der Waals surface area contributed by atoms with Gasteiger partial charge in [0, 0.05) is 31.1 Å². The van der Waals surface area contributed by atoms with Crippen molar-refractivity contribution in [3.8, 4) is 0 Å². The van der Waals surface area contributed by atoms with Crippen molar-refractivity contribution >= 4 is 21.6 Å². The van der Waals surface area contributed by atoms with Crippen molar-refractivity contribution in [2.75, 3.05) is 6.54 Å². The minimum absolute atomic E-state index is 0.0104. The highest BCUT2D eigenvalue weighted by Crippen LogP contribution is 2.15. The highest BCUT2D eigenvalue weighted by molar-refractivity contribution is 7.89. The molecule has 0 atom stereocenters. The number of non-ortho nitro benzene ring substituents is 1. The Bertz CT molecular complexity index is 610. The second kappa shape index (κ2) is 7.14. The zero-order chi connectivity index (χ0) is 16.0. The summed E-state index contributed by atoms with van der Waals surface area (Å²) >= 11 is 0. The number of hydrogen-bond donors (Lipinski definition) is 2. The fourth-order valence-corrected chi connectivity index (χ4v) is 2.56. The molecule has 1 aromatic rings. The summed E-state index contributed by atoms with van der Waals surface area (Å²) < 4.78 is 26.1. The maximum absolute atomic E-state index is 11.9. The number of sulfonamides is 1. The molecular formula is C12H17N3O5S. The van der Waals surface area contributed by atoms with Crippen LogP contribution in [0.25, 0.3) is 0 Å². The topological polar surface area (TPSA) is 118 Å². The van der Waals surface area contributed by atoms with Gasteiger partial charge in [0.05, 0.1) is 9.82 Å². The van der Waals surface area contributed by atoms with Crippen LogP contribution in [-0.4, -0.2) is 31.8 Å². The Hall–Kier alpha value is -2.00. The summed E-state index contributed by atoms with van der Waals surface area (Å²) in [5, 5.41) is 13.1. The number of nitrogens with one attached hydrogen (secondary N) is 2. The molecule has 0 unspecified atom stereocenters. The van der Waals surface area contributed by atoms with E-state index in [1.165, 1.54) is 0 Å². The molecule has 0 aliphatic carbocycles. The van der Waals surface area contributed by atoms with Crippen LogP contribution in [0.3, 0.4) is 0 Å². The average molecular weight is 315 g/mol. The first-order chi connectivity index (χ1) is 9.72. The molecule has 0 fully saturated rings. The largest absolute Gasteiger partial charge is 0.354 e. The molecule has 9 heteroatoms. The summed E-state index contributed by atoms with van der Waals surface area (Å²) in [6.07, 6.45) is 0.0182. The second-order valence-electron chi connectivity index (χ2n) is 4.62. The van der Waals surface area contributed by atoms with Gasteiger partial charge in [-0.2, -0.15) is 0 Å². The number of rotatable bonds is 7. The Labute approximate surface area is 122 Å². The Balaban J connectivity index is 2.61. The van der Waals surface area contributed by atoms with Crippen molar-refractivity contribution in [1.82, 2.24) is 10.0 Å². The standard InChI is InChI=1S/C12H17N3O5S/c1-9(2)14-12(16)7-8-13-21(19,20)11-5-3-10(4-6-11)15(17)18/h3-6,9,13H,7-8H2,1-2H3,(H,14,16). The van der Waals surface area contributed by atoms with Gasteiger partial charge in [0.15, 0.2) is 0 Å². The normalized spacial score (nSPS) is 11.4. The van der Waals surface area contributed by atoms with Crippen LogP contribution in [0.4, 0.5) is 5.69 Å². The van der Waals surface area contributed by atoms with E-state index in [4.69, 9.17) is 0 Å². The van der Waals surface area contributed by atoms with Crippen LogP contribution in [0.2, 0.25) is 0 Å². The van der Waals surface area contributed by atoms with E-state index in [1.54, 1.807) is 13.8 Å². The number of nitro benzene ring substituents is 1. The van der Waals surface area contributed by atoms with E-state index in [9.17, 15) is 23.3 Å². The van der Waals surface area contributed by atoms with Gasteiger partial charge < -0.3 is 5.32 Å². The Morgan fingerprint density at radius 2 is 1.86 bits per heavy atom. The van der Waals surface area contributed by atoms with Gasteiger partial charge in [-0.15, -0.1) is 0 Å². The molecule has 0 radical (unpaired) electrons. The quantitative estimate of drug-likeness (QED) is 0.569. The molecule has 0 saturated heterocycles. The molecule has 0 aromatic heterocycles. The predicted molar refractivity (Wildman–Crippen MR) is 76.2 cm³/mol. The first kappa shape index (κ1) is 17.1. The van der Waals surface area contributed by atoms with E-state index < -0.39 is 14.9 Å². The van der Waals surface area contributed by atoms with Crippen LogP contribution in [0.1, 0.15) is 20.3 Å². The molecule has 8 nitrogen and oxygen atoms in total. The summed E-state index contributed by atoms with van der Waals surface area (Å²) in [5.74, 6) is -0.253. The third-order valence-electron chi connectivity index (χ3n) is 2.45. The molecule has 21 heavy (non-hydrogen) atoms.